The highest BCUT2D eigenvalue weighted by atomic mass is 35.5. The van der Waals surface area contributed by atoms with Crippen LogP contribution in [0.25, 0.3) is 6.08 Å². The van der Waals surface area contributed by atoms with Crippen LogP contribution in [0.3, 0.4) is 0 Å². The third-order valence-corrected chi connectivity index (χ3v) is 3.93. The SMILES string of the molecule is COc1ccc(OC)c(/C=C(/NC(=O)c2ccc(Cl)cc2Cl)C(=O)[O-])c1. The smallest absolute Gasteiger partial charge is 0.257 e. The highest BCUT2D eigenvalue weighted by Gasteiger charge is 2.14. The van der Waals surface area contributed by atoms with Crippen molar-refractivity contribution in [2.24, 2.45) is 0 Å². The number of carbonyl (C=O) groups is 2. The summed E-state index contributed by atoms with van der Waals surface area (Å²) in [4.78, 5) is 23.8. The van der Waals surface area contributed by atoms with E-state index in [0.29, 0.717) is 22.1 Å². The number of carboxylic acid groups (broad SMARTS) is 1. The van der Waals surface area contributed by atoms with E-state index >= 15 is 0 Å². The van der Waals surface area contributed by atoms with Gasteiger partial charge in [0.1, 0.15) is 11.5 Å². The molecule has 2 aromatic rings. The molecule has 0 saturated heterocycles. The molecule has 0 aliphatic carbocycles. The Kier molecular flexibility index (Phi) is 6.49. The summed E-state index contributed by atoms with van der Waals surface area (Å²) in [6, 6.07) is 9.06. The highest BCUT2D eigenvalue weighted by molar-refractivity contribution is 6.36. The summed E-state index contributed by atoms with van der Waals surface area (Å²) >= 11 is 11.8. The van der Waals surface area contributed by atoms with Crippen molar-refractivity contribution in [3.05, 3.63) is 63.3 Å². The number of halogens is 2. The van der Waals surface area contributed by atoms with Crippen molar-refractivity contribution in [3.63, 3.8) is 0 Å². The van der Waals surface area contributed by atoms with Crippen molar-refractivity contribution < 1.29 is 24.2 Å². The van der Waals surface area contributed by atoms with E-state index in [-0.39, 0.29) is 10.6 Å². The monoisotopic (exact) mass is 394 g/mol. The molecule has 136 valence electrons. The molecule has 8 heteroatoms. The summed E-state index contributed by atoms with van der Waals surface area (Å²) in [5.41, 5.74) is -0.0121. The summed E-state index contributed by atoms with van der Waals surface area (Å²) in [6.45, 7) is 0. The van der Waals surface area contributed by atoms with Gasteiger partial charge in [-0.3, -0.25) is 4.79 Å². The number of carbonyl (C=O) groups excluding carboxylic acids is 2. The van der Waals surface area contributed by atoms with Crippen LogP contribution in [0.1, 0.15) is 15.9 Å². The van der Waals surface area contributed by atoms with Crippen molar-refractivity contribution in [2.45, 2.75) is 0 Å². The Morgan fingerprint density at radius 1 is 1.08 bits per heavy atom. The van der Waals surface area contributed by atoms with Crippen LogP contribution in [-0.2, 0) is 4.79 Å². The summed E-state index contributed by atoms with van der Waals surface area (Å²) in [5, 5.41) is 14.1. The minimum Gasteiger partial charge on any atom is -0.543 e. The molecule has 0 aliphatic heterocycles. The van der Waals surface area contributed by atoms with Crippen LogP contribution >= 0.6 is 23.2 Å². The Hall–Kier alpha value is -2.70. The maximum Gasteiger partial charge on any atom is 0.257 e. The number of nitrogens with one attached hydrogen (secondary N) is 1. The predicted molar refractivity (Wildman–Crippen MR) is 96.5 cm³/mol. The molecular weight excluding hydrogens is 381 g/mol. The van der Waals surface area contributed by atoms with Gasteiger partial charge in [0.2, 0.25) is 0 Å². The van der Waals surface area contributed by atoms with Crippen LogP contribution in [0.5, 0.6) is 11.5 Å². The first-order valence-corrected chi connectivity index (χ1v) is 8.02. The van der Waals surface area contributed by atoms with Crippen molar-refractivity contribution >= 4 is 41.2 Å². The van der Waals surface area contributed by atoms with Gasteiger partial charge in [-0.15, -0.1) is 0 Å². The average molecular weight is 395 g/mol. The van der Waals surface area contributed by atoms with Gasteiger partial charge in [-0.1, -0.05) is 23.2 Å². The van der Waals surface area contributed by atoms with E-state index in [2.05, 4.69) is 5.32 Å². The van der Waals surface area contributed by atoms with Crippen LogP contribution < -0.4 is 19.9 Å². The summed E-state index contributed by atoms with van der Waals surface area (Å²) < 4.78 is 10.3. The van der Waals surface area contributed by atoms with Gasteiger partial charge < -0.3 is 24.7 Å². The van der Waals surface area contributed by atoms with Crippen molar-refractivity contribution in [1.29, 1.82) is 0 Å². The molecule has 6 nitrogen and oxygen atoms in total. The zero-order valence-corrected chi connectivity index (χ0v) is 15.4. The molecule has 0 atom stereocenters. The minimum absolute atomic E-state index is 0.0702. The third-order valence-electron chi connectivity index (χ3n) is 3.38. The fourth-order valence-electron chi connectivity index (χ4n) is 2.12. The molecule has 0 aromatic heterocycles. The average Bonchev–Trinajstić information content (AvgIpc) is 2.60. The number of benzene rings is 2. The Bertz CT molecular complexity index is 880. The molecular formula is C18H14Cl2NO5-. The van der Waals surface area contributed by atoms with Crippen LogP contribution in [0, 0.1) is 0 Å². The van der Waals surface area contributed by atoms with E-state index in [1.807, 2.05) is 0 Å². The number of aliphatic carboxylic acids is 1. The lowest BCUT2D eigenvalue weighted by Crippen LogP contribution is -2.35. The van der Waals surface area contributed by atoms with Crippen LogP contribution in [0.15, 0.2) is 42.1 Å². The van der Waals surface area contributed by atoms with Gasteiger partial charge in [0.05, 0.1) is 36.5 Å². The lowest BCUT2D eigenvalue weighted by molar-refractivity contribution is -0.299. The molecule has 1 N–H and O–H groups in total. The molecule has 0 spiro atoms. The van der Waals surface area contributed by atoms with E-state index < -0.39 is 17.6 Å². The van der Waals surface area contributed by atoms with Crippen LogP contribution in [0.2, 0.25) is 10.0 Å². The summed E-state index contributed by atoms with van der Waals surface area (Å²) in [7, 11) is 2.91. The predicted octanol–water partition coefficient (Wildman–Crippen LogP) is 2.53. The molecule has 0 fully saturated rings. The summed E-state index contributed by atoms with van der Waals surface area (Å²) in [6.07, 6.45) is 1.21. The van der Waals surface area contributed by atoms with Gasteiger partial charge >= 0.3 is 0 Å². The standard InChI is InChI=1S/C18H15Cl2NO5/c1-25-12-4-6-16(26-2)10(7-12)8-15(18(23)24)21-17(22)13-5-3-11(19)9-14(13)20/h3-9H,1-2H3,(H,21,22)(H,23,24)/p-1/b15-8+. The number of hydrogen-bond donors (Lipinski definition) is 1. The normalized spacial score (nSPS) is 11.0. The molecule has 2 rings (SSSR count). The van der Waals surface area contributed by atoms with E-state index in [1.54, 1.807) is 18.2 Å². The van der Waals surface area contributed by atoms with Crippen LogP contribution in [0.4, 0.5) is 0 Å². The van der Waals surface area contributed by atoms with Gasteiger partial charge in [-0.25, -0.2) is 0 Å². The summed E-state index contributed by atoms with van der Waals surface area (Å²) in [5.74, 6) is -1.41. The van der Waals surface area contributed by atoms with E-state index in [9.17, 15) is 14.7 Å². The second-order valence-corrected chi connectivity index (χ2v) is 5.88. The van der Waals surface area contributed by atoms with Crippen LogP contribution in [-0.4, -0.2) is 26.1 Å². The Balaban J connectivity index is 2.39. The number of rotatable bonds is 6. The Morgan fingerprint density at radius 3 is 2.38 bits per heavy atom. The van der Waals surface area contributed by atoms with E-state index in [0.717, 1.165) is 0 Å². The molecule has 0 aliphatic rings. The minimum atomic E-state index is -1.58. The van der Waals surface area contributed by atoms with Crippen molar-refractivity contribution in [1.82, 2.24) is 5.32 Å². The fraction of sp³-hybridized carbons (Fsp3) is 0.111. The van der Waals surface area contributed by atoms with Gasteiger partial charge in [0.15, 0.2) is 0 Å². The zero-order chi connectivity index (χ0) is 19.3. The van der Waals surface area contributed by atoms with Gasteiger partial charge in [-0.2, -0.15) is 0 Å². The third kappa shape index (κ3) is 4.68. The molecule has 0 saturated carbocycles. The lowest BCUT2D eigenvalue weighted by atomic mass is 10.1. The first kappa shape index (κ1) is 19.6. The molecule has 2 aromatic carbocycles. The number of methoxy groups -OCH3 is 2. The Morgan fingerprint density at radius 2 is 1.81 bits per heavy atom. The lowest BCUT2D eigenvalue weighted by Gasteiger charge is -2.13. The molecule has 0 unspecified atom stereocenters. The molecule has 1 amide bonds. The van der Waals surface area contributed by atoms with E-state index in [4.69, 9.17) is 32.7 Å². The van der Waals surface area contributed by atoms with Crippen molar-refractivity contribution in [3.8, 4) is 11.5 Å². The molecule has 0 radical (unpaired) electrons. The highest BCUT2D eigenvalue weighted by Crippen LogP contribution is 2.26. The van der Waals surface area contributed by atoms with E-state index in [1.165, 1.54) is 38.5 Å². The first-order valence-electron chi connectivity index (χ1n) is 7.27. The molecule has 0 bridgehead atoms. The fourth-order valence-corrected chi connectivity index (χ4v) is 2.61. The second kappa shape index (κ2) is 8.60. The molecule has 26 heavy (non-hydrogen) atoms. The number of carboxylic acids is 1. The first-order chi connectivity index (χ1) is 12.3. The molecule has 0 heterocycles. The van der Waals surface area contributed by atoms with Gasteiger partial charge in [0, 0.05) is 10.6 Å². The number of ether oxygens (including phenoxy) is 2. The van der Waals surface area contributed by atoms with Gasteiger partial charge in [0.25, 0.3) is 5.91 Å². The number of hydrogen-bond acceptors (Lipinski definition) is 5. The van der Waals surface area contributed by atoms with Crippen molar-refractivity contribution in [2.75, 3.05) is 14.2 Å². The second-order valence-electron chi connectivity index (χ2n) is 5.03. The quantitative estimate of drug-likeness (QED) is 0.760. The zero-order valence-electron chi connectivity index (χ0n) is 13.8. The maximum atomic E-state index is 12.3. The number of amides is 1. The van der Waals surface area contributed by atoms with Gasteiger partial charge in [-0.05, 0) is 42.5 Å². The topological polar surface area (TPSA) is 87.7 Å². The maximum absolute atomic E-state index is 12.3. The largest absolute Gasteiger partial charge is 0.543 e. The Labute approximate surface area is 159 Å².